The molecule has 1 aliphatic rings. The van der Waals surface area contributed by atoms with Crippen LogP contribution in [0.15, 0.2) is 48.8 Å². The van der Waals surface area contributed by atoms with E-state index in [1.54, 1.807) is 20.4 Å². The summed E-state index contributed by atoms with van der Waals surface area (Å²) < 4.78 is 10.7. The Morgan fingerprint density at radius 3 is 2.62 bits per heavy atom. The number of methoxy groups -OCH3 is 2. The minimum atomic E-state index is 0.655. The summed E-state index contributed by atoms with van der Waals surface area (Å²) in [6, 6.07) is 11.7. The number of aromatic nitrogens is 2. The van der Waals surface area contributed by atoms with Gasteiger partial charge in [0.2, 0.25) is 0 Å². The van der Waals surface area contributed by atoms with Gasteiger partial charge in [-0.3, -0.25) is 0 Å². The topological polar surface area (TPSA) is 80.3 Å². The van der Waals surface area contributed by atoms with Crippen molar-refractivity contribution in [1.29, 1.82) is 0 Å². The molecule has 2 aromatic heterocycles. The van der Waals surface area contributed by atoms with E-state index in [4.69, 9.17) is 14.5 Å². The van der Waals surface area contributed by atoms with Gasteiger partial charge in [0.05, 0.1) is 14.2 Å². The van der Waals surface area contributed by atoms with Gasteiger partial charge in [-0.05, 0) is 60.7 Å². The van der Waals surface area contributed by atoms with Gasteiger partial charge in [-0.15, -0.1) is 0 Å². The molecule has 0 amide bonds. The number of nitrogens with zero attached hydrogens (tertiary/aromatic N) is 2. The van der Waals surface area contributed by atoms with Gasteiger partial charge in [-0.25, -0.2) is 9.97 Å². The van der Waals surface area contributed by atoms with Crippen LogP contribution in [-0.2, 0) is 6.54 Å². The molecule has 0 aliphatic carbocycles. The van der Waals surface area contributed by atoms with Crippen molar-refractivity contribution in [2.24, 2.45) is 0 Å². The first-order valence-corrected chi connectivity index (χ1v) is 9.29. The lowest BCUT2D eigenvalue weighted by molar-refractivity contribution is 0.355. The molecular weight excluding hydrogens is 366 g/mol. The second-order valence-corrected chi connectivity index (χ2v) is 6.68. The van der Waals surface area contributed by atoms with E-state index in [2.05, 4.69) is 20.9 Å². The minimum Gasteiger partial charge on any atom is -0.493 e. The molecule has 3 N–H and O–H groups in total. The number of ether oxygens (including phenoxy) is 2. The molecule has 148 valence electrons. The number of pyridine rings is 2. The Balaban J connectivity index is 1.69. The summed E-state index contributed by atoms with van der Waals surface area (Å²) in [5.41, 5.74) is 4.17. The highest BCUT2D eigenvalue weighted by Crippen LogP contribution is 2.33. The largest absolute Gasteiger partial charge is 0.493 e. The fourth-order valence-electron chi connectivity index (χ4n) is 3.19. The molecule has 0 unspecified atom stereocenters. The van der Waals surface area contributed by atoms with Crippen LogP contribution in [0.5, 0.6) is 11.5 Å². The van der Waals surface area contributed by atoms with Crippen molar-refractivity contribution in [1.82, 2.24) is 15.3 Å². The molecule has 1 aromatic carbocycles. The fourth-order valence-corrected chi connectivity index (χ4v) is 3.19. The molecule has 3 aromatic rings. The molecule has 0 fully saturated rings. The minimum absolute atomic E-state index is 0.655. The van der Waals surface area contributed by atoms with E-state index >= 15 is 0 Å². The maximum absolute atomic E-state index is 5.41. The zero-order valence-electron chi connectivity index (χ0n) is 16.6. The molecular formula is C22H23N5O2. The van der Waals surface area contributed by atoms with Gasteiger partial charge in [0.15, 0.2) is 11.5 Å². The first-order valence-electron chi connectivity index (χ1n) is 9.29. The highest BCUT2D eigenvalue weighted by atomic mass is 16.5. The summed E-state index contributed by atoms with van der Waals surface area (Å²) in [4.78, 5) is 9.17. The highest BCUT2D eigenvalue weighted by Gasteiger charge is 2.15. The number of fused-ring (bicyclic) bond motifs is 1. The molecule has 0 bridgehead atoms. The van der Waals surface area contributed by atoms with Crippen LogP contribution in [0.1, 0.15) is 16.7 Å². The van der Waals surface area contributed by atoms with Crippen molar-refractivity contribution in [2.45, 2.75) is 13.5 Å². The van der Waals surface area contributed by atoms with E-state index in [1.807, 2.05) is 55.6 Å². The molecule has 1 aliphatic heterocycles. The zero-order valence-corrected chi connectivity index (χ0v) is 16.6. The molecule has 29 heavy (non-hydrogen) atoms. The van der Waals surface area contributed by atoms with Crippen molar-refractivity contribution < 1.29 is 9.47 Å². The molecule has 0 saturated carbocycles. The zero-order chi connectivity index (χ0) is 20.2. The molecule has 7 nitrogen and oxygen atoms in total. The highest BCUT2D eigenvalue weighted by molar-refractivity contribution is 5.73. The quantitative estimate of drug-likeness (QED) is 0.578. The third-order valence-corrected chi connectivity index (χ3v) is 4.64. The van der Waals surface area contributed by atoms with Crippen molar-refractivity contribution in [3.05, 3.63) is 65.5 Å². The normalized spacial score (nSPS) is 12.0. The maximum Gasteiger partial charge on any atom is 0.162 e. The smallest absolute Gasteiger partial charge is 0.162 e. The maximum atomic E-state index is 5.41. The average Bonchev–Trinajstić information content (AvgIpc) is 2.73. The van der Waals surface area contributed by atoms with Crippen LogP contribution in [0.25, 0.3) is 6.08 Å². The summed E-state index contributed by atoms with van der Waals surface area (Å²) in [7, 11) is 3.24. The predicted molar refractivity (Wildman–Crippen MR) is 115 cm³/mol. The summed E-state index contributed by atoms with van der Waals surface area (Å²) in [6.45, 7) is 2.73. The summed E-state index contributed by atoms with van der Waals surface area (Å²) in [6.07, 6.45) is 5.76. The van der Waals surface area contributed by atoms with E-state index in [0.717, 1.165) is 39.8 Å². The Bertz CT molecular complexity index is 1070. The summed E-state index contributed by atoms with van der Waals surface area (Å²) in [5.74, 6) is 3.58. The number of hydrogen-bond donors (Lipinski definition) is 3. The van der Waals surface area contributed by atoms with E-state index < -0.39 is 0 Å². The van der Waals surface area contributed by atoms with Gasteiger partial charge in [0, 0.05) is 30.1 Å². The average molecular weight is 389 g/mol. The lowest BCUT2D eigenvalue weighted by atomic mass is 10.1. The van der Waals surface area contributed by atoms with E-state index in [0.29, 0.717) is 18.0 Å². The molecule has 3 heterocycles. The number of anilines is 4. The van der Waals surface area contributed by atoms with Gasteiger partial charge < -0.3 is 25.4 Å². The van der Waals surface area contributed by atoms with Crippen LogP contribution < -0.4 is 25.4 Å². The first kappa shape index (κ1) is 18.6. The monoisotopic (exact) mass is 389 g/mol. The molecule has 4 rings (SSSR count). The Kier molecular flexibility index (Phi) is 5.20. The second-order valence-electron chi connectivity index (χ2n) is 6.68. The van der Waals surface area contributed by atoms with Crippen LogP contribution in [0.3, 0.4) is 0 Å². The van der Waals surface area contributed by atoms with E-state index in [-0.39, 0.29) is 0 Å². The number of aryl methyl sites for hydroxylation is 1. The van der Waals surface area contributed by atoms with Gasteiger partial charge in [0.25, 0.3) is 0 Å². The van der Waals surface area contributed by atoms with Crippen LogP contribution in [0.2, 0.25) is 0 Å². The molecule has 0 spiro atoms. The molecule has 0 atom stereocenters. The molecule has 0 radical (unpaired) electrons. The summed E-state index contributed by atoms with van der Waals surface area (Å²) >= 11 is 0. The van der Waals surface area contributed by atoms with Crippen molar-refractivity contribution >= 4 is 29.2 Å². The second kappa shape index (κ2) is 8.10. The lowest BCUT2D eigenvalue weighted by Gasteiger charge is -2.19. The van der Waals surface area contributed by atoms with Gasteiger partial charge in [-0.2, -0.15) is 0 Å². The van der Waals surface area contributed by atoms with E-state index in [1.165, 1.54) is 0 Å². The van der Waals surface area contributed by atoms with Crippen LogP contribution in [0.4, 0.5) is 23.1 Å². The van der Waals surface area contributed by atoms with Gasteiger partial charge >= 0.3 is 0 Å². The third kappa shape index (κ3) is 4.08. The SMILES string of the molecule is COc1ccc(Nc2nc(Nc3cc(C)ccn3)cc3c2CNC=C3)cc1OC. The number of benzene rings is 1. The van der Waals surface area contributed by atoms with Crippen LogP contribution in [-0.4, -0.2) is 24.2 Å². The van der Waals surface area contributed by atoms with E-state index in [9.17, 15) is 0 Å². The van der Waals surface area contributed by atoms with Crippen molar-refractivity contribution in [3.63, 3.8) is 0 Å². The van der Waals surface area contributed by atoms with Crippen LogP contribution >= 0.6 is 0 Å². The number of hydrogen-bond acceptors (Lipinski definition) is 7. The fraction of sp³-hybridized carbons (Fsp3) is 0.182. The van der Waals surface area contributed by atoms with Crippen molar-refractivity contribution in [2.75, 3.05) is 24.9 Å². The molecule has 7 heteroatoms. The summed E-state index contributed by atoms with van der Waals surface area (Å²) in [5, 5.41) is 9.96. The van der Waals surface area contributed by atoms with Crippen molar-refractivity contribution in [3.8, 4) is 11.5 Å². The predicted octanol–water partition coefficient (Wildman–Crippen LogP) is 4.36. The third-order valence-electron chi connectivity index (χ3n) is 4.64. The number of nitrogens with one attached hydrogen (secondary N) is 3. The molecule has 0 saturated heterocycles. The van der Waals surface area contributed by atoms with Gasteiger partial charge in [-0.1, -0.05) is 0 Å². The Hall–Kier alpha value is -3.74. The number of rotatable bonds is 6. The standard InChI is InChI=1S/C22H23N5O2/c1-14-6-9-24-20(10-14)26-21-11-15-7-8-23-13-17(15)22(27-21)25-16-4-5-18(28-2)19(12-16)29-3/h4-12,23H,13H2,1-3H3,(H2,24,25,26,27). The Morgan fingerprint density at radius 1 is 0.966 bits per heavy atom. The van der Waals surface area contributed by atoms with Gasteiger partial charge in [0.1, 0.15) is 17.5 Å². The lowest BCUT2D eigenvalue weighted by Crippen LogP contribution is -2.14. The Labute approximate surface area is 169 Å². The van der Waals surface area contributed by atoms with Crippen LogP contribution in [0, 0.1) is 6.92 Å². The Morgan fingerprint density at radius 2 is 1.83 bits per heavy atom. The first-order chi connectivity index (χ1) is 14.2.